The minimum absolute atomic E-state index is 0.0353. The summed E-state index contributed by atoms with van der Waals surface area (Å²) in [6, 6.07) is 0. The number of hydrogen-bond acceptors (Lipinski definition) is 7. The monoisotopic (exact) mass is 417 g/mol. The van der Waals surface area contributed by atoms with Crippen LogP contribution < -0.4 is 5.32 Å². The highest BCUT2D eigenvalue weighted by atomic mass is 32.1. The summed E-state index contributed by atoms with van der Waals surface area (Å²) in [6.07, 6.45) is 4.87. The van der Waals surface area contributed by atoms with E-state index in [2.05, 4.69) is 41.2 Å². The first-order valence-corrected chi connectivity index (χ1v) is 10.8. The van der Waals surface area contributed by atoms with Gasteiger partial charge in [0.25, 0.3) is 5.91 Å². The number of amides is 1. The van der Waals surface area contributed by atoms with Gasteiger partial charge in [0.05, 0.1) is 25.2 Å². The number of aryl methyl sites for hydroxylation is 1. The molecule has 0 spiro atoms. The van der Waals surface area contributed by atoms with Crippen LogP contribution in [0.25, 0.3) is 15.9 Å². The molecular weight excluding hydrogens is 390 g/mol. The van der Waals surface area contributed by atoms with Crippen LogP contribution in [-0.4, -0.2) is 57.0 Å². The van der Waals surface area contributed by atoms with Gasteiger partial charge in [0.2, 0.25) is 5.82 Å². The number of aliphatic hydroxyl groups is 1. The molecule has 1 atom stereocenters. The van der Waals surface area contributed by atoms with Crippen LogP contribution >= 0.6 is 11.3 Å². The number of rotatable bonds is 6. The van der Waals surface area contributed by atoms with E-state index in [1.54, 1.807) is 22.2 Å². The fourth-order valence-corrected chi connectivity index (χ4v) is 5.15. The third kappa shape index (κ3) is 3.99. The van der Waals surface area contributed by atoms with Crippen molar-refractivity contribution in [3.05, 3.63) is 22.6 Å². The van der Waals surface area contributed by atoms with Crippen LogP contribution in [0.3, 0.4) is 0 Å². The van der Waals surface area contributed by atoms with E-state index in [0.717, 1.165) is 29.5 Å². The molecule has 0 bridgehead atoms. The minimum Gasteiger partial charge on any atom is -0.394 e. The van der Waals surface area contributed by atoms with Crippen LogP contribution in [0.5, 0.6) is 0 Å². The van der Waals surface area contributed by atoms with Gasteiger partial charge in [0.15, 0.2) is 5.65 Å². The van der Waals surface area contributed by atoms with E-state index in [9.17, 15) is 4.79 Å². The van der Waals surface area contributed by atoms with Crippen LogP contribution in [0.15, 0.2) is 6.33 Å². The molecular formula is C20H27N5O3S. The van der Waals surface area contributed by atoms with Crippen molar-refractivity contribution in [1.29, 1.82) is 0 Å². The van der Waals surface area contributed by atoms with E-state index < -0.39 is 0 Å². The summed E-state index contributed by atoms with van der Waals surface area (Å²) in [5.41, 5.74) is 2.31. The van der Waals surface area contributed by atoms with Crippen molar-refractivity contribution in [2.24, 2.45) is 11.3 Å². The van der Waals surface area contributed by atoms with E-state index in [0.29, 0.717) is 24.7 Å². The Balaban J connectivity index is 1.60. The molecule has 3 aromatic heterocycles. The number of ether oxygens (including phenoxy) is 1. The molecule has 1 unspecified atom stereocenters. The fourth-order valence-electron chi connectivity index (χ4n) is 3.89. The summed E-state index contributed by atoms with van der Waals surface area (Å²) in [5, 5.41) is 16.8. The molecule has 3 aromatic rings. The van der Waals surface area contributed by atoms with Crippen molar-refractivity contribution in [1.82, 2.24) is 24.9 Å². The molecule has 8 nitrogen and oxygen atoms in total. The van der Waals surface area contributed by atoms with Crippen LogP contribution in [0, 0.1) is 11.3 Å². The maximum Gasteiger partial charge on any atom is 0.291 e. The van der Waals surface area contributed by atoms with Crippen molar-refractivity contribution in [3.63, 3.8) is 0 Å². The predicted molar refractivity (Wildman–Crippen MR) is 111 cm³/mol. The third-order valence-electron chi connectivity index (χ3n) is 5.58. The summed E-state index contributed by atoms with van der Waals surface area (Å²) in [5.74, 6) is 0.447. The van der Waals surface area contributed by atoms with E-state index in [1.165, 1.54) is 10.4 Å². The van der Waals surface area contributed by atoms with E-state index in [-0.39, 0.29) is 30.4 Å². The van der Waals surface area contributed by atoms with Gasteiger partial charge in [-0.1, -0.05) is 20.8 Å². The first kappa shape index (κ1) is 20.2. The first-order chi connectivity index (χ1) is 13.9. The molecule has 0 saturated carbocycles. The number of nitrogens with zero attached hydrogens (tertiary/aromatic N) is 4. The Kier molecular flexibility index (Phi) is 5.54. The SMILES string of the molecule is CC(C)(C)C1CCc2c(sc3ncn4nc(C(=O)NCCOCCO)nc4c23)C1. The largest absolute Gasteiger partial charge is 0.394 e. The Labute approximate surface area is 173 Å². The molecule has 0 radical (unpaired) electrons. The lowest BCUT2D eigenvalue weighted by molar-refractivity contribution is 0.0832. The van der Waals surface area contributed by atoms with Crippen LogP contribution in [0.1, 0.15) is 48.3 Å². The minimum atomic E-state index is -0.341. The van der Waals surface area contributed by atoms with E-state index >= 15 is 0 Å². The number of fused-ring (bicyclic) bond motifs is 5. The van der Waals surface area contributed by atoms with E-state index in [1.807, 2.05) is 0 Å². The molecule has 0 aromatic carbocycles. The normalized spacial score (nSPS) is 17.0. The Morgan fingerprint density at radius 3 is 3.00 bits per heavy atom. The smallest absolute Gasteiger partial charge is 0.291 e. The molecule has 0 saturated heterocycles. The molecule has 2 N–H and O–H groups in total. The summed E-state index contributed by atoms with van der Waals surface area (Å²) in [6.45, 7) is 7.82. The van der Waals surface area contributed by atoms with Gasteiger partial charge in [-0.25, -0.2) is 14.5 Å². The highest BCUT2D eigenvalue weighted by Crippen LogP contribution is 2.43. The second-order valence-electron chi connectivity index (χ2n) is 8.53. The second kappa shape index (κ2) is 7.97. The Morgan fingerprint density at radius 2 is 2.24 bits per heavy atom. The van der Waals surface area contributed by atoms with Crippen LogP contribution in [0.4, 0.5) is 0 Å². The quantitative estimate of drug-likeness (QED) is 0.597. The van der Waals surface area contributed by atoms with Crippen molar-refractivity contribution in [2.45, 2.75) is 40.0 Å². The lowest BCUT2D eigenvalue weighted by Crippen LogP contribution is -2.28. The zero-order valence-corrected chi connectivity index (χ0v) is 17.9. The molecule has 156 valence electrons. The number of hydrogen-bond donors (Lipinski definition) is 2. The van der Waals surface area contributed by atoms with Crippen molar-refractivity contribution in [3.8, 4) is 0 Å². The number of aliphatic hydroxyl groups excluding tert-OH is 1. The maximum atomic E-state index is 12.4. The summed E-state index contributed by atoms with van der Waals surface area (Å²) in [7, 11) is 0. The standard InChI is InChI=1S/C20H27N5O3S/c1-20(2,3)12-4-5-13-14(10-12)29-19-15(13)17-23-16(24-25(17)11-22-19)18(27)21-6-8-28-9-7-26/h11-12,26H,4-10H2,1-3H3,(H,21,27). The summed E-state index contributed by atoms with van der Waals surface area (Å²) >= 11 is 1.74. The molecule has 0 aliphatic heterocycles. The van der Waals surface area contributed by atoms with Crippen LogP contribution in [0.2, 0.25) is 0 Å². The molecule has 9 heteroatoms. The number of thiophene rings is 1. The van der Waals surface area contributed by atoms with Crippen molar-refractivity contribution < 1.29 is 14.6 Å². The van der Waals surface area contributed by atoms with Gasteiger partial charge < -0.3 is 15.2 Å². The number of carbonyl (C=O) groups is 1. The number of carbonyl (C=O) groups excluding carboxylic acids is 1. The second-order valence-corrected chi connectivity index (χ2v) is 9.61. The molecule has 29 heavy (non-hydrogen) atoms. The van der Waals surface area contributed by atoms with Gasteiger partial charge in [-0.2, -0.15) is 0 Å². The van der Waals surface area contributed by atoms with E-state index in [4.69, 9.17) is 9.84 Å². The number of nitrogens with one attached hydrogen (secondary N) is 1. The molecule has 3 heterocycles. The maximum absolute atomic E-state index is 12.4. The lowest BCUT2D eigenvalue weighted by atomic mass is 9.72. The molecule has 1 aliphatic carbocycles. The predicted octanol–water partition coefficient (Wildman–Crippen LogP) is 2.23. The average molecular weight is 418 g/mol. The van der Waals surface area contributed by atoms with Crippen molar-refractivity contribution >= 4 is 33.1 Å². The third-order valence-corrected chi connectivity index (χ3v) is 6.74. The zero-order valence-electron chi connectivity index (χ0n) is 17.1. The van der Waals surface area contributed by atoms with Crippen molar-refractivity contribution in [2.75, 3.05) is 26.4 Å². The topological polar surface area (TPSA) is 102 Å². The van der Waals surface area contributed by atoms with Gasteiger partial charge in [0.1, 0.15) is 11.2 Å². The highest BCUT2D eigenvalue weighted by molar-refractivity contribution is 7.19. The van der Waals surface area contributed by atoms with Gasteiger partial charge >= 0.3 is 0 Å². The summed E-state index contributed by atoms with van der Waals surface area (Å²) in [4.78, 5) is 23.9. The molecule has 1 aliphatic rings. The summed E-state index contributed by atoms with van der Waals surface area (Å²) < 4.78 is 6.75. The lowest BCUT2D eigenvalue weighted by Gasteiger charge is -2.33. The Hall–Kier alpha value is -2.10. The van der Waals surface area contributed by atoms with Gasteiger partial charge in [0, 0.05) is 11.4 Å². The molecule has 0 fully saturated rings. The molecule has 4 rings (SSSR count). The number of aromatic nitrogens is 4. The Bertz CT molecular complexity index is 1040. The van der Waals surface area contributed by atoms with Gasteiger partial charge in [-0.15, -0.1) is 16.4 Å². The molecule has 1 amide bonds. The Morgan fingerprint density at radius 1 is 1.41 bits per heavy atom. The van der Waals surface area contributed by atoms with Crippen LogP contribution in [-0.2, 0) is 17.6 Å². The zero-order chi connectivity index (χ0) is 20.6. The first-order valence-electron chi connectivity index (χ1n) is 10.0. The highest BCUT2D eigenvalue weighted by Gasteiger charge is 2.32. The fraction of sp³-hybridized carbons (Fsp3) is 0.600. The average Bonchev–Trinajstić information content (AvgIpc) is 3.27. The van der Waals surface area contributed by atoms with Gasteiger partial charge in [-0.3, -0.25) is 4.79 Å². The van der Waals surface area contributed by atoms with Gasteiger partial charge in [-0.05, 0) is 36.2 Å².